The number of nitrogens with zero attached hydrogens (tertiary/aromatic N) is 1. The summed E-state index contributed by atoms with van der Waals surface area (Å²) in [5.41, 5.74) is 1.15. The molecule has 12 nitrogen and oxygen atoms in total. The zero-order valence-electron chi connectivity index (χ0n) is 32.7. The number of amides is 3. The van der Waals surface area contributed by atoms with Gasteiger partial charge in [0.25, 0.3) is 0 Å². The molecule has 3 amide bonds. The van der Waals surface area contributed by atoms with Gasteiger partial charge in [-0.1, -0.05) is 85.2 Å². The molecule has 51 heavy (non-hydrogen) atoms. The van der Waals surface area contributed by atoms with Crippen LogP contribution < -0.4 is 16.0 Å². The Bertz CT molecular complexity index is 1250. The molecule has 0 bridgehead atoms. The predicted octanol–water partition coefficient (Wildman–Crippen LogP) is 3.81. The Morgan fingerprint density at radius 3 is 1.94 bits per heavy atom. The lowest BCUT2D eigenvalue weighted by atomic mass is 9.84. The zero-order valence-corrected chi connectivity index (χ0v) is 32.7. The first-order valence-corrected chi connectivity index (χ1v) is 18.3. The first-order valence-electron chi connectivity index (χ1n) is 18.3. The molecule has 12 heteroatoms. The van der Waals surface area contributed by atoms with Crippen LogP contribution in [0.25, 0.3) is 0 Å². The molecule has 1 aromatic rings. The van der Waals surface area contributed by atoms with Crippen LogP contribution in [0.2, 0.25) is 0 Å². The van der Waals surface area contributed by atoms with E-state index in [1.54, 1.807) is 26.2 Å². The maximum atomic E-state index is 13.8. The van der Waals surface area contributed by atoms with E-state index in [1.165, 1.54) is 0 Å². The lowest BCUT2D eigenvalue weighted by Gasteiger charge is -2.47. The van der Waals surface area contributed by atoms with Crippen LogP contribution in [0.15, 0.2) is 30.3 Å². The van der Waals surface area contributed by atoms with Crippen molar-refractivity contribution in [3.63, 3.8) is 0 Å². The molecule has 3 N–H and O–H groups in total. The summed E-state index contributed by atoms with van der Waals surface area (Å²) in [6.45, 7) is 16.4. The molecule has 1 saturated heterocycles. The van der Waals surface area contributed by atoms with E-state index in [9.17, 15) is 19.2 Å². The summed E-state index contributed by atoms with van der Waals surface area (Å²) in [7, 11) is 4.93. The fourth-order valence-corrected chi connectivity index (χ4v) is 6.91. The second-order valence-electron chi connectivity index (χ2n) is 14.5. The number of methoxy groups -OCH3 is 2. The van der Waals surface area contributed by atoms with E-state index < -0.39 is 30.1 Å². The van der Waals surface area contributed by atoms with Crippen molar-refractivity contribution in [2.24, 2.45) is 29.6 Å². The fraction of sp³-hybridized carbons (Fsp3) is 0.718. The maximum Gasteiger partial charge on any atom is 0.373 e. The van der Waals surface area contributed by atoms with Gasteiger partial charge < -0.3 is 30.3 Å². The molecular weight excluding hydrogens is 652 g/mol. The van der Waals surface area contributed by atoms with Crippen molar-refractivity contribution >= 4 is 29.7 Å². The minimum atomic E-state index is -0.567. The average Bonchev–Trinajstić information content (AvgIpc) is 3.06. The van der Waals surface area contributed by atoms with Gasteiger partial charge in [0.15, 0.2) is 5.78 Å². The van der Waals surface area contributed by atoms with E-state index >= 15 is 0 Å². The SMILES string of the molecule is CCC(C)[C@H](NC(=O)[C@@H](CC(=O)[C@@H](NC)C(C)C)C(C)C)[C@@H](CC(=O)N1CC[C@H]1[C@H](OC)[C@@H](C)C(=O)N[C@H](C)Cc1ccccc1)OC.O=C=O. The highest BCUT2D eigenvalue weighted by Crippen LogP contribution is 2.29. The van der Waals surface area contributed by atoms with Gasteiger partial charge in [0, 0.05) is 39.1 Å². The number of likely N-dealkylation sites (tertiary alicyclic amines) is 1. The van der Waals surface area contributed by atoms with Crippen molar-refractivity contribution in [1.29, 1.82) is 0 Å². The Hall–Kier alpha value is -3.44. The van der Waals surface area contributed by atoms with Gasteiger partial charge in [-0.25, -0.2) is 0 Å². The predicted molar refractivity (Wildman–Crippen MR) is 195 cm³/mol. The quantitative estimate of drug-likeness (QED) is 0.172. The molecule has 1 aliphatic heterocycles. The Labute approximate surface area is 305 Å². The van der Waals surface area contributed by atoms with E-state index in [1.807, 2.05) is 85.7 Å². The normalized spacial score (nSPS) is 18.8. The Morgan fingerprint density at radius 1 is 0.882 bits per heavy atom. The second-order valence-corrected chi connectivity index (χ2v) is 14.5. The summed E-state index contributed by atoms with van der Waals surface area (Å²) < 4.78 is 11.7. The van der Waals surface area contributed by atoms with E-state index in [4.69, 9.17) is 19.1 Å². The number of ketones is 1. The summed E-state index contributed by atoms with van der Waals surface area (Å²) in [6, 6.07) is 9.00. The first kappa shape index (κ1) is 45.6. The molecule has 0 radical (unpaired) electrons. The Balaban J connectivity index is 0.00000418. The minimum absolute atomic E-state index is 0.0185. The summed E-state index contributed by atoms with van der Waals surface area (Å²) in [5.74, 6) is -1.26. The van der Waals surface area contributed by atoms with Crippen LogP contribution in [0.3, 0.4) is 0 Å². The third-order valence-corrected chi connectivity index (χ3v) is 10.2. The number of ether oxygens (including phenoxy) is 2. The largest absolute Gasteiger partial charge is 0.379 e. The molecule has 0 aromatic heterocycles. The van der Waals surface area contributed by atoms with E-state index in [0.29, 0.717) is 6.54 Å². The number of carbonyl (C=O) groups is 4. The summed E-state index contributed by atoms with van der Waals surface area (Å²) >= 11 is 0. The summed E-state index contributed by atoms with van der Waals surface area (Å²) in [6.07, 6.45) is 1.66. The van der Waals surface area contributed by atoms with Crippen LogP contribution in [0.4, 0.5) is 0 Å². The number of hydrogen-bond donors (Lipinski definition) is 3. The molecule has 9 atom stereocenters. The van der Waals surface area contributed by atoms with Gasteiger partial charge in [0.2, 0.25) is 17.7 Å². The van der Waals surface area contributed by atoms with Crippen molar-refractivity contribution in [2.75, 3.05) is 27.8 Å². The third kappa shape index (κ3) is 13.9. The van der Waals surface area contributed by atoms with Gasteiger partial charge in [-0.3, -0.25) is 19.2 Å². The van der Waals surface area contributed by atoms with Gasteiger partial charge >= 0.3 is 6.15 Å². The van der Waals surface area contributed by atoms with Crippen LogP contribution in [0.5, 0.6) is 0 Å². The molecule has 288 valence electrons. The highest BCUT2D eigenvalue weighted by Gasteiger charge is 2.44. The van der Waals surface area contributed by atoms with Gasteiger partial charge in [0.05, 0.1) is 42.7 Å². The lowest BCUT2D eigenvalue weighted by molar-refractivity contribution is -0.191. The molecule has 1 aliphatic rings. The van der Waals surface area contributed by atoms with Crippen LogP contribution in [0.1, 0.15) is 86.6 Å². The summed E-state index contributed by atoms with van der Waals surface area (Å²) in [4.78, 5) is 72.0. The van der Waals surface area contributed by atoms with Crippen LogP contribution >= 0.6 is 0 Å². The Kier molecular flexibility index (Phi) is 20.7. The second kappa shape index (κ2) is 23.2. The molecule has 1 unspecified atom stereocenters. The van der Waals surface area contributed by atoms with E-state index in [-0.39, 0.29) is 78.4 Å². The number of hydrogen-bond acceptors (Lipinski definition) is 9. The molecule has 0 spiro atoms. The number of rotatable bonds is 21. The number of carbonyl (C=O) groups excluding carboxylic acids is 6. The first-order chi connectivity index (χ1) is 24.1. The van der Waals surface area contributed by atoms with E-state index in [2.05, 4.69) is 16.0 Å². The van der Waals surface area contributed by atoms with Crippen molar-refractivity contribution in [3.05, 3.63) is 35.9 Å². The highest BCUT2D eigenvalue weighted by atomic mass is 16.5. The molecule has 0 aliphatic carbocycles. The number of nitrogens with one attached hydrogen (secondary N) is 3. The topological polar surface area (TPSA) is 160 Å². The van der Waals surface area contributed by atoms with Gasteiger partial charge in [-0.05, 0) is 50.1 Å². The van der Waals surface area contributed by atoms with Crippen LogP contribution in [0, 0.1) is 29.6 Å². The fourth-order valence-electron chi connectivity index (χ4n) is 6.91. The molecule has 1 aromatic carbocycles. The standard InChI is InChI=1S/C38H64N4O6.CO2/c1-12-25(6)35(41-38(46)29(23(2)3)21-31(43)34(39-9)24(4)5)32(47-10)22-33(44)42-19-18-30(42)36(48-11)27(8)37(45)40-26(7)20-28-16-14-13-15-17-28;2-1-3/h13-17,23-27,29-30,32,34-36,39H,12,18-22H2,1-11H3,(H,40,45)(H,41,46);/t25?,26-,27-,29+,30+,32-,34+,35+,36-;/m1./s1. The minimum Gasteiger partial charge on any atom is -0.379 e. The smallest absolute Gasteiger partial charge is 0.373 e. The number of Topliss-reactive ketones (excluding diaryl/α,β-unsaturated/α-hetero) is 1. The van der Waals surface area contributed by atoms with Gasteiger partial charge in [0.1, 0.15) is 0 Å². The maximum absolute atomic E-state index is 13.8. The monoisotopic (exact) mass is 716 g/mol. The third-order valence-electron chi connectivity index (χ3n) is 10.2. The van der Waals surface area contributed by atoms with Crippen LogP contribution in [-0.2, 0) is 44.7 Å². The highest BCUT2D eigenvalue weighted by molar-refractivity contribution is 5.90. The zero-order chi connectivity index (χ0) is 38.8. The van der Waals surface area contributed by atoms with E-state index in [0.717, 1.165) is 24.8 Å². The van der Waals surface area contributed by atoms with Crippen molar-refractivity contribution in [2.45, 2.75) is 124 Å². The van der Waals surface area contributed by atoms with Crippen molar-refractivity contribution in [1.82, 2.24) is 20.9 Å². The number of likely N-dealkylation sites (N-methyl/N-ethyl adjacent to an activating group) is 1. The van der Waals surface area contributed by atoms with Gasteiger partial charge in [-0.15, -0.1) is 0 Å². The average molecular weight is 717 g/mol. The summed E-state index contributed by atoms with van der Waals surface area (Å²) in [5, 5.41) is 9.41. The molecular formula is C39H64N4O8. The van der Waals surface area contributed by atoms with Crippen molar-refractivity contribution < 1.29 is 38.2 Å². The molecule has 1 heterocycles. The Morgan fingerprint density at radius 2 is 1.49 bits per heavy atom. The molecule has 2 rings (SSSR count). The molecule has 0 saturated carbocycles. The molecule has 1 fully saturated rings. The van der Waals surface area contributed by atoms with Gasteiger partial charge in [-0.2, -0.15) is 9.59 Å². The van der Waals surface area contributed by atoms with Crippen LogP contribution in [-0.4, -0.2) is 98.7 Å². The van der Waals surface area contributed by atoms with Crippen molar-refractivity contribution in [3.8, 4) is 0 Å². The number of benzene rings is 1. The lowest BCUT2D eigenvalue weighted by Crippen LogP contribution is -2.61.